The number of carbonyl (C=O) groups excluding carboxylic acids is 2. The summed E-state index contributed by atoms with van der Waals surface area (Å²) in [6, 6.07) is 11.9. The van der Waals surface area contributed by atoms with Crippen LogP contribution >= 0.6 is 0 Å². The quantitative estimate of drug-likeness (QED) is 0.713. The highest BCUT2D eigenvalue weighted by atomic mass is 16.5. The molecule has 0 saturated heterocycles. The minimum absolute atomic E-state index is 0.299. The van der Waals surface area contributed by atoms with Gasteiger partial charge in [0.25, 0.3) is 0 Å². The van der Waals surface area contributed by atoms with E-state index in [4.69, 9.17) is 10.5 Å². The minimum Gasteiger partial charge on any atom is -0.473 e. The van der Waals surface area contributed by atoms with Crippen LogP contribution in [0.4, 0.5) is 4.79 Å². The number of urea groups is 1. The molecule has 7 heteroatoms. The largest absolute Gasteiger partial charge is 0.473 e. The fourth-order valence-corrected chi connectivity index (χ4v) is 1.99. The lowest BCUT2D eigenvalue weighted by atomic mass is 10.2. The second kappa shape index (κ2) is 8.52. The fourth-order valence-electron chi connectivity index (χ4n) is 1.99. The number of pyridine rings is 1. The third-order valence-corrected chi connectivity index (χ3v) is 3.25. The molecule has 1 heterocycles. The second-order valence-corrected chi connectivity index (χ2v) is 5.22. The van der Waals surface area contributed by atoms with E-state index in [-0.39, 0.29) is 5.91 Å². The van der Waals surface area contributed by atoms with Gasteiger partial charge in [0.1, 0.15) is 12.6 Å². The second-order valence-electron chi connectivity index (χ2n) is 5.22. The Morgan fingerprint density at radius 2 is 1.96 bits per heavy atom. The molecule has 7 nitrogen and oxygen atoms in total. The summed E-state index contributed by atoms with van der Waals surface area (Å²) < 4.78 is 5.64. The topological polar surface area (TPSA) is 106 Å². The van der Waals surface area contributed by atoms with Crippen LogP contribution in [0.5, 0.6) is 5.88 Å². The van der Waals surface area contributed by atoms with E-state index in [1.54, 1.807) is 25.3 Å². The molecule has 1 aromatic heterocycles. The molecule has 4 N–H and O–H groups in total. The third-order valence-electron chi connectivity index (χ3n) is 3.25. The highest BCUT2D eigenvalue weighted by molar-refractivity contribution is 5.86. The molecule has 1 aromatic carbocycles. The van der Waals surface area contributed by atoms with Crippen LogP contribution in [-0.4, -0.2) is 23.0 Å². The summed E-state index contributed by atoms with van der Waals surface area (Å²) in [4.78, 5) is 26.7. The summed E-state index contributed by atoms with van der Waals surface area (Å²) in [5, 5.41) is 5.03. The van der Waals surface area contributed by atoms with Gasteiger partial charge >= 0.3 is 6.03 Å². The lowest BCUT2D eigenvalue weighted by molar-refractivity contribution is -0.122. The number of carbonyl (C=O) groups is 2. The number of nitrogens with zero attached hydrogens (tertiary/aromatic N) is 1. The van der Waals surface area contributed by atoms with Crippen LogP contribution in [-0.2, 0) is 17.9 Å². The van der Waals surface area contributed by atoms with Crippen LogP contribution in [0, 0.1) is 0 Å². The van der Waals surface area contributed by atoms with Gasteiger partial charge in [-0.1, -0.05) is 30.3 Å². The van der Waals surface area contributed by atoms with Crippen molar-refractivity contribution in [3.05, 3.63) is 59.8 Å². The van der Waals surface area contributed by atoms with Crippen molar-refractivity contribution >= 4 is 11.9 Å². The molecule has 0 saturated carbocycles. The monoisotopic (exact) mass is 328 g/mol. The Balaban J connectivity index is 1.86. The molecule has 0 spiro atoms. The lowest BCUT2D eigenvalue weighted by Gasteiger charge is -2.13. The first-order valence-electron chi connectivity index (χ1n) is 7.50. The lowest BCUT2D eigenvalue weighted by Crippen LogP contribution is -2.46. The summed E-state index contributed by atoms with van der Waals surface area (Å²) >= 11 is 0. The molecule has 0 aliphatic carbocycles. The number of amides is 3. The molecule has 2 aromatic rings. The van der Waals surface area contributed by atoms with Crippen molar-refractivity contribution in [2.24, 2.45) is 5.73 Å². The summed E-state index contributed by atoms with van der Waals surface area (Å²) in [6.45, 7) is 2.28. The van der Waals surface area contributed by atoms with E-state index >= 15 is 0 Å². The zero-order chi connectivity index (χ0) is 17.4. The molecule has 24 heavy (non-hydrogen) atoms. The minimum atomic E-state index is -0.738. The summed E-state index contributed by atoms with van der Waals surface area (Å²) in [5.41, 5.74) is 6.87. The van der Waals surface area contributed by atoms with Crippen LogP contribution < -0.4 is 21.1 Å². The van der Waals surface area contributed by atoms with Crippen LogP contribution in [0.25, 0.3) is 0 Å². The van der Waals surface area contributed by atoms with Crippen molar-refractivity contribution in [2.75, 3.05) is 0 Å². The van der Waals surface area contributed by atoms with Gasteiger partial charge in [-0.3, -0.25) is 4.79 Å². The van der Waals surface area contributed by atoms with Gasteiger partial charge in [0.15, 0.2) is 0 Å². The van der Waals surface area contributed by atoms with Crippen molar-refractivity contribution < 1.29 is 14.3 Å². The molecule has 1 atom stereocenters. The van der Waals surface area contributed by atoms with Gasteiger partial charge in [0, 0.05) is 18.8 Å². The first-order valence-corrected chi connectivity index (χ1v) is 7.50. The molecule has 0 radical (unpaired) electrons. The Morgan fingerprint density at radius 3 is 2.67 bits per heavy atom. The maximum Gasteiger partial charge on any atom is 0.312 e. The van der Waals surface area contributed by atoms with Gasteiger partial charge in [0.2, 0.25) is 11.8 Å². The van der Waals surface area contributed by atoms with E-state index in [9.17, 15) is 9.59 Å². The number of benzene rings is 1. The van der Waals surface area contributed by atoms with Gasteiger partial charge in [0.05, 0.1) is 0 Å². The number of nitrogens with one attached hydrogen (secondary N) is 2. The highest BCUT2D eigenvalue weighted by Crippen LogP contribution is 2.11. The van der Waals surface area contributed by atoms with E-state index in [2.05, 4.69) is 15.6 Å². The SMILES string of the molecule is CC(NC(N)=O)C(=O)NCc1ccnc(OCc2ccccc2)c1. The van der Waals surface area contributed by atoms with Gasteiger partial charge in [-0.2, -0.15) is 0 Å². The smallest absolute Gasteiger partial charge is 0.312 e. The van der Waals surface area contributed by atoms with Gasteiger partial charge < -0.3 is 21.1 Å². The number of ether oxygens (including phenoxy) is 1. The van der Waals surface area contributed by atoms with Crippen molar-refractivity contribution in [1.82, 2.24) is 15.6 Å². The zero-order valence-electron chi connectivity index (χ0n) is 13.4. The maximum atomic E-state index is 11.8. The number of hydrogen-bond donors (Lipinski definition) is 3. The maximum absolute atomic E-state index is 11.8. The first-order chi connectivity index (χ1) is 11.5. The van der Waals surface area contributed by atoms with Gasteiger partial charge in [-0.25, -0.2) is 9.78 Å². The number of primary amides is 1. The molecule has 2 rings (SSSR count). The van der Waals surface area contributed by atoms with E-state index < -0.39 is 12.1 Å². The molecule has 3 amide bonds. The Bertz CT molecular complexity index is 691. The molecule has 0 aliphatic rings. The predicted molar refractivity (Wildman–Crippen MR) is 89.0 cm³/mol. The average molecular weight is 328 g/mol. The molecular weight excluding hydrogens is 308 g/mol. The highest BCUT2D eigenvalue weighted by Gasteiger charge is 2.13. The van der Waals surface area contributed by atoms with E-state index in [0.717, 1.165) is 11.1 Å². The first kappa shape index (κ1) is 17.3. The van der Waals surface area contributed by atoms with Gasteiger partial charge in [-0.05, 0) is 24.1 Å². The standard InChI is InChI=1S/C17H20N4O3/c1-12(21-17(18)23)16(22)20-10-14-7-8-19-15(9-14)24-11-13-5-3-2-4-6-13/h2-9,12H,10-11H2,1H3,(H,20,22)(H3,18,21,23). The normalized spacial score (nSPS) is 11.4. The van der Waals surface area contributed by atoms with Crippen LogP contribution in [0.3, 0.4) is 0 Å². The number of nitrogens with two attached hydrogens (primary N) is 1. The van der Waals surface area contributed by atoms with E-state index in [1.165, 1.54) is 0 Å². The van der Waals surface area contributed by atoms with Crippen LogP contribution in [0.15, 0.2) is 48.7 Å². The molecule has 0 bridgehead atoms. The Morgan fingerprint density at radius 1 is 1.21 bits per heavy atom. The van der Waals surface area contributed by atoms with Crippen molar-refractivity contribution in [2.45, 2.75) is 26.1 Å². The molecular formula is C17H20N4O3. The number of aromatic nitrogens is 1. The summed E-state index contributed by atoms with van der Waals surface area (Å²) in [5.74, 6) is 0.159. The molecule has 1 unspecified atom stereocenters. The Kier molecular flexibility index (Phi) is 6.13. The molecule has 0 aliphatic heterocycles. The number of rotatable bonds is 7. The van der Waals surface area contributed by atoms with Crippen molar-refractivity contribution in [3.8, 4) is 5.88 Å². The van der Waals surface area contributed by atoms with E-state index in [1.807, 2.05) is 30.3 Å². The van der Waals surface area contributed by atoms with Crippen LogP contribution in [0.2, 0.25) is 0 Å². The number of hydrogen-bond acceptors (Lipinski definition) is 4. The van der Waals surface area contributed by atoms with Crippen molar-refractivity contribution in [3.63, 3.8) is 0 Å². The average Bonchev–Trinajstić information content (AvgIpc) is 2.58. The molecule has 0 fully saturated rings. The van der Waals surface area contributed by atoms with Crippen LogP contribution in [0.1, 0.15) is 18.1 Å². The molecule has 126 valence electrons. The van der Waals surface area contributed by atoms with Gasteiger partial charge in [-0.15, -0.1) is 0 Å². The fraction of sp³-hybridized carbons (Fsp3) is 0.235. The summed E-state index contributed by atoms with van der Waals surface area (Å²) in [7, 11) is 0. The Hall–Kier alpha value is -3.09. The third kappa shape index (κ3) is 5.60. The summed E-state index contributed by atoms with van der Waals surface area (Å²) in [6.07, 6.45) is 1.62. The Labute approximate surface area is 140 Å². The zero-order valence-corrected chi connectivity index (χ0v) is 13.4. The van der Waals surface area contributed by atoms with E-state index in [0.29, 0.717) is 19.0 Å². The van der Waals surface area contributed by atoms with Crippen molar-refractivity contribution in [1.29, 1.82) is 0 Å². The predicted octanol–water partition coefficient (Wildman–Crippen LogP) is 1.33.